The molecule has 0 aromatic heterocycles. The van der Waals surface area contributed by atoms with Crippen LogP contribution in [0.5, 0.6) is 0 Å². The molecule has 1 N–H and O–H groups in total. The minimum absolute atomic E-state index is 0. The highest BCUT2D eigenvalue weighted by molar-refractivity contribution is 5.81. The summed E-state index contributed by atoms with van der Waals surface area (Å²) in [5.74, 6) is -0.412. The van der Waals surface area contributed by atoms with Crippen molar-refractivity contribution in [2.45, 2.75) is 0 Å². The maximum Gasteiger partial charge on any atom is 0.330 e. The highest BCUT2D eigenvalue weighted by Crippen LogP contribution is 1.77. The Hall–Kier alpha value is -1.09. The van der Waals surface area contributed by atoms with E-state index in [4.69, 9.17) is 0 Å². The van der Waals surface area contributed by atoms with Crippen LogP contribution in [0.4, 0.5) is 0 Å². The molecule has 0 aliphatic heterocycles. The maximum absolute atomic E-state index is 10.2. The lowest BCUT2D eigenvalue weighted by Gasteiger charge is -1.92. The molecule has 0 saturated heterocycles. The molecule has 0 spiro atoms. The second kappa shape index (κ2) is 6.91. The topological polar surface area (TPSA) is 56.3 Å². The van der Waals surface area contributed by atoms with Crippen molar-refractivity contribution in [1.29, 1.82) is 0 Å². The molecule has 3 nitrogen and oxygen atoms in total. The third-order valence-electron chi connectivity index (χ3n) is 0.510. The normalized spacial score (nSPS) is 6.67. The first kappa shape index (κ1) is 10.8. The third kappa shape index (κ3) is 6.91. The summed E-state index contributed by atoms with van der Waals surface area (Å²) in [5, 5.41) is 0. The molecule has 0 aliphatic carbocycles. The number of hydrogen-bond donors (Lipinski definition) is 1. The number of ether oxygens (including phenoxy) is 1. The van der Waals surface area contributed by atoms with Crippen LogP contribution in [0.25, 0.3) is 0 Å². The highest BCUT2D eigenvalue weighted by atomic mass is 16.5. The molecule has 1 radical (unpaired) electrons. The molecule has 0 atom stereocenters. The summed E-state index contributed by atoms with van der Waals surface area (Å²) >= 11 is 0. The van der Waals surface area contributed by atoms with Crippen LogP contribution in [0, 0.1) is 0 Å². The molecule has 0 aromatic carbocycles. The fourth-order valence-electron chi connectivity index (χ4n) is 0.200. The molecule has 0 unspecified atom stereocenters. The van der Waals surface area contributed by atoms with Gasteiger partial charge in [-0.25, -0.2) is 4.79 Å². The van der Waals surface area contributed by atoms with Crippen molar-refractivity contribution in [3.8, 4) is 0 Å². The molecular formula is C6H9O3. The Kier molecular flexibility index (Phi) is 8.30. The minimum atomic E-state index is -0.412. The van der Waals surface area contributed by atoms with E-state index in [-0.39, 0.29) is 12.1 Å². The highest BCUT2D eigenvalue weighted by Gasteiger charge is 1.87. The smallest absolute Gasteiger partial charge is 0.330 e. The van der Waals surface area contributed by atoms with Gasteiger partial charge < -0.3 is 4.74 Å². The second-order valence-electron chi connectivity index (χ2n) is 1.12. The molecule has 0 rings (SSSR count). The van der Waals surface area contributed by atoms with E-state index in [0.29, 0.717) is 0 Å². The van der Waals surface area contributed by atoms with Gasteiger partial charge in [0.1, 0.15) is 6.61 Å². The number of carbonyl (C=O) groups is 1. The number of rotatable bonds is 3. The van der Waals surface area contributed by atoms with Crippen LogP contribution in [-0.2, 0) is 9.53 Å². The van der Waals surface area contributed by atoms with Crippen molar-refractivity contribution in [2.75, 3.05) is 6.61 Å². The largest absolute Gasteiger partial charge is 0.458 e. The van der Waals surface area contributed by atoms with Gasteiger partial charge in [-0.05, 0) is 0 Å². The van der Waals surface area contributed by atoms with E-state index in [1.54, 1.807) is 0 Å². The molecule has 0 fully saturated rings. The standard InChI is InChI=1S/C6H8O2.HO/c1-3-5-8-6(7)4-2;/h3-4H,1-2,5H2;1H. The SMILES string of the molecule is C=CCOC(=O)C=C.[OH]. The van der Waals surface area contributed by atoms with E-state index in [1.165, 1.54) is 6.08 Å². The maximum atomic E-state index is 10.2. The summed E-state index contributed by atoms with van der Waals surface area (Å²) in [5.41, 5.74) is 0. The lowest BCUT2D eigenvalue weighted by Crippen LogP contribution is -1.98. The van der Waals surface area contributed by atoms with Gasteiger partial charge in [0.25, 0.3) is 0 Å². The zero-order valence-electron chi connectivity index (χ0n) is 5.04. The molecule has 0 heterocycles. The molecule has 0 bridgehead atoms. The average Bonchev–Trinajstić information content (AvgIpc) is 1.83. The van der Waals surface area contributed by atoms with Gasteiger partial charge in [-0.2, -0.15) is 0 Å². The molecule has 0 aromatic rings. The lowest BCUT2D eigenvalue weighted by molar-refractivity contribution is -0.136. The van der Waals surface area contributed by atoms with Gasteiger partial charge in [-0.3, -0.25) is 5.48 Å². The van der Waals surface area contributed by atoms with Gasteiger partial charge in [0, 0.05) is 6.08 Å². The average molecular weight is 129 g/mol. The van der Waals surface area contributed by atoms with E-state index in [1.807, 2.05) is 0 Å². The van der Waals surface area contributed by atoms with Crippen molar-refractivity contribution >= 4 is 5.97 Å². The van der Waals surface area contributed by atoms with Crippen molar-refractivity contribution in [1.82, 2.24) is 0 Å². The van der Waals surface area contributed by atoms with Crippen LogP contribution in [0.1, 0.15) is 0 Å². The number of esters is 1. The van der Waals surface area contributed by atoms with Crippen LogP contribution in [0.15, 0.2) is 25.3 Å². The van der Waals surface area contributed by atoms with Crippen LogP contribution >= 0.6 is 0 Å². The Bertz CT molecular complexity index is 107. The number of hydrogen-bond acceptors (Lipinski definition) is 2. The molecular weight excluding hydrogens is 120 g/mol. The zero-order chi connectivity index (χ0) is 6.41. The third-order valence-corrected chi connectivity index (χ3v) is 0.510. The predicted molar refractivity (Wildman–Crippen MR) is 33.3 cm³/mol. The summed E-state index contributed by atoms with van der Waals surface area (Å²) in [6.45, 7) is 6.81. The monoisotopic (exact) mass is 129 g/mol. The molecule has 0 saturated carbocycles. The van der Waals surface area contributed by atoms with Crippen LogP contribution in [0.3, 0.4) is 0 Å². The van der Waals surface area contributed by atoms with E-state index in [9.17, 15) is 4.79 Å². The molecule has 51 valence electrons. The van der Waals surface area contributed by atoms with Gasteiger partial charge in [-0.1, -0.05) is 19.2 Å². The van der Waals surface area contributed by atoms with Gasteiger partial charge in [-0.15, -0.1) is 0 Å². The first-order chi connectivity index (χ1) is 3.81. The fourth-order valence-corrected chi connectivity index (χ4v) is 0.200. The second-order valence-corrected chi connectivity index (χ2v) is 1.12. The van der Waals surface area contributed by atoms with Crippen LogP contribution in [-0.4, -0.2) is 18.1 Å². The number of carbonyl (C=O) groups excluding carboxylic acids is 1. The van der Waals surface area contributed by atoms with Crippen LogP contribution < -0.4 is 0 Å². The predicted octanol–water partition coefficient (Wildman–Crippen LogP) is 0.725. The van der Waals surface area contributed by atoms with Crippen molar-refractivity contribution in [3.63, 3.8) is 0 Å². The van der Waals surface area contributed by atoms with Gasteiger partial charge >= 0.3 is 5.97 Å². The summed E-state index contributed by atoms with van der Waals surface area (Å²) in [6, 6.07) is 0. The van der Waals surface area contributed by atoms with E-state index < -0.39 is 5.97 Å². The summed E-state index contributed by atoms with van der Waals surface area (Å²) in [7, 11) is 0. The Morgan fingerprint density at radius 3 is 2.44 bits per heavy atom. The van der Waals surface area contributed by atoms with Crippen LogP contribution in [0.2, 0.25) is 0 Å². The molecule has 0 aliphatic rings. The Morgan fingerprint density at radius 2 is 2.11 bits per heavy atom. The molecule has 0 amide bonds. The Balaban J connectivity index is 0. The first-order valence-corrected chi connectivity index (χ1v) is 2.21. The summed E-state index contributed by atoms with van der Waals surface area (Å²) in [4.78, 5) is 10.2. The summed E-state index contributed by atoms with van der Waals surface area (Å²) < 4.78 is 4.47. The Labute approximate surface area is 53.9 Å². The van der Waals surface area contributed by atoms with Gasteiger partial charge in [0.2, 0.25) is 0 Å². The summed E-state index contributed by atoms with van der Waals surface area (Å²) in [6.07, 6.45) is 2.62. The Morgan fingerprint density at radius 1 is 1.56 bits per heavy atom. The van der Waals surface area contributed by atoms with E-state index in [2.05, 4.69) is 17.9 Å². The first-order valence-electron chi connectivity index (χ1n) is 2.21. The van der Waals surface area contributed by atoms with Gasteiger partial charge in [0.05, 0.1) is 0 Å². The van der Waals surface area contributed by atoms with Crippen molar-refractivity contribution < 1.29 is 15.0 Å². The lowest BCUT2D eigenvalue weighted by atomic mass is 10.6. The van der Waals surface area contributed by atoms with E-state index >= 15 is 0 Å². The van der Waals surface area contributed by atoms with Gasteiger partial charge in [0.15, 0.2) is 0 Å². The minimum Gasteiger partial charge on any atom is -0.458 e. The van der Waals surface area contributed by atoms with E-state index in [0.717, 1.165) is 6.08 Å². The molecule has 9 heavy (non-hydrogen) atoms. The van der Waals surface area contributed by atoms with Crippen molar-refractivity contribution in [3.05, 3.63) is 25.3 Å². The quantitative estimate of drug-likeness (QED) is 0.347. The van der Waals surface area contributed by atoms with Crippen molar-refractivity contribution in [2.24, 2.45) is 0 Å². The fraction of sp³-hybridized carbons (Fsp3) is 0.167. The molecule has 3 heteroatoms. The zero-order valence-corrected chi connectivity index (χ0v) is 5.04.